The van der Waals surface area contributed by atoms with Crippen molar-refractivity contribution in [2.75, 3.05) is 12.3 Å². The van der Waals surface area contributed by atoms with Crippen LogP contribution in [0.5, 0.6) is 0 Å². The van der Waals surface area contributed by atoms with E-state index in [9.17, 15) is 14.7 Å². The van der Waals surface area contributed by atoms with Crippen LogP contribution in [0.4, 0.5) is 5.69 Å². The zero-order chi connectivity index (χ0) is 14.9. The minimum absolute atomic E-state index is 0.0287. The zero-order valence-corrected chi connectivity index (χ0v) is 11.5. The average Bonchev–Trinajstić information content (AvgIpc) is 3.12. The van der Waals surface area contributed by atoms with Crippen molar-refractivity contribution in [2.24, 2.45) is 0 Å². The molecule has 0 bridgehead atoms. The second kappa shape index (κ2) is 5.03. The first kappa shape index (κ1) is 14.2. The van der Waals surface area contributed by atoms with Crippen LogP contribution in [0.1, 0.15) is 42.6 Å². The van der Waals surface area contributed by atoms with Crippen LogP contribution in [0.3, 0.4) is 0 Å². The third-order valence-electron chi connectivity index (χ3n) is 3.57. The molecule has 6 heteroatoms. The number of carboxylic acids is 1. The van der Waals surface area contributed by atoms with Crippen molar-refractivity contribution in [3.63, 3.8) is 0 Å². The maximum atomic E-state index is 12.4. The number of aromatic carboxylic acids is 1. The van der Waals surface area contributed by atoms with Gasteiger partial charge in [0.2, 0.25) is 0 Å². The summed E-state index contributed by atoms with van der Waals surface area (Å²) >= 11 is 0. The Morgan fingerprint density at radius 3 is 2.75 bits per heavy atom. The number of carbonyl (C=O) groups is 1. The number of hydrogen-bond donors (Lipinski definition) is 2. The van der Waals surface area contributed by atoms with E-state index in [-0.39, 0.29) is 27.9 Å². The molecule has 1 aliphatic carbocycles. The molecule has 0 amide bonds. The Balaban J connectivity index is 2.62. The Kier molecular flexibility index (Phi) is 3.57. The van der Waals surface area contributed by atoms with Gasteiger partial charge in [-0.1, -0.05) is 0 Å². The maximum absolute atomic E-state index is 12.4. The Morgan fingerprint density at radius 2 is 2.25 bits per heavy atom. The molecule has 0 aliphatic heterocycles. The van der Waals surface area contributed by atoms with Crippen LogP contribution in [-0.2, 0) is 10.3 Å². The van der Waals surface area contributed by atoms with Gasteiger partial charge in [-0.25, -0.2) is 4.79 Å². The third-order valence-corrected chi connectivity index (χ3v) is 3.57. The number of pyridine rings is 1. The van der Waals surface area contributed by atoms with E-state index in [0.717, 1.165) is 12.8 Å². The summed E-state index contributed by atoms with van der Waals surface area (Å²) in [6.07, 6.45) is 5.83. The van der Waals surface area contributed by atoms with E-state index in [4.69, 9.17) is 10.5 Å². The van der Waals surface area contributed by atoms with Crippen LogP contribution in [0.15, 0.2) is 17.3 Å². The number of nitrogens with two attached hydrogens (primary N) is 1. The number of nitrogen functional groups attached to an aromatic ring is 1. The molecular formula is C14H18N2O4. The van der Waals surface area contributed by atoms with Gasteiger partial charge in [0.15, 0.2) is 0 Å². The van der Waals surface area contributed by atoms with Gasteiger partial charge >= 0.3 is 5.97 Å². The highest BCUT2D eigenvalue weighted by Crippen LogP contribution is 2.42. The van der Waals surface area contributed by atoms with Crippen molar-refractivity contribution in [3.8, 4) is 0 Å². The highest BCUT2D eigenvalue weighted by atomic mass is 16.5. The molecule has 20 heavy (non-hydrogen) atoms. The van der Waals surface area contributed by atoms with E-state index in [1.807, 2.05) is 13.8 Å². The summed E-state index contributed by atoms with van der Waals surface area (Å²) in [6.45, 7) is 4.19. The highest BCUT2D eigenvalue weighted by molar-refractivity contribution is 5.95. The molecule has 1 aliphatic rings. The fourth-order valence-electron chi connectivity index (χ4n) is 2.01. The molecular weight excluding hydrogens is 260 g/mol. The molecule has 2 rings (SSSR count). The second-order valence-electron chi connectivity index (χ2n) is 5.11. The minimum Gasteiger partial charge on any atom is -0.501 e. The quantitative estimate of drug-likeness (QED) is 0.798. The lowest BCUT2D eigenvalue weighted by Crippen LogP contribution is -2.31. The summed E-state index contributed by atoms with van der Waals surface area (Å²) in [5, 5.41) is 9.21. The van der Waals surface area contributed by atoms with Gasteiger partial charge in [-0.15, -0.1) is 0 Å². The van der Waals surface area contributed by atoms with Gasteiger partial charge in [0, 0.05) is 11.7 Å². The summed E-state index contributed by atoms with van der Waals surface area (Å²) in [5.74, 6) is -1.15. The van der Waals surface area contributed by atoms with Gasteiger partial charge in [0.05, 0.1) is 29.7 Å². The molecule has 1 heterocycles. The fourth-order valence-corrected chi connectivity index (χ4v) is 2.01. The van der Waals surface area contributed by atoms with Gasteiger partial charge in [-0.05, 0) is 32.8 Å². The van der Waals surface area contributed by atoms with Crippen molar-refractivity contribution in [1.29, 1.82) is 0 Å². The normalized spacial score (nSPS) is 16.3. The topological polar surface area (TPSA) is 94.5 Å². The molecule has 0 unspecified atom stereocenters. The summed E-state index contributed by atoms with van der Waals surface area (Å²) in [4.78, 5) is 23.7. The number of anilines is 1. The fraction of sp³-hybridized carbons (Fsp3) is 0.429. The monoisotopic (exact) mass is 278 g/mol. The lowest BCUT2D eigenvalue weighted by molar-refractivity contribution is 0.0697. The van der Waals surface area contributed by atoms with Crippen LogP contribution >= 0.6 is 0 Å². The second-order valence-corrected chi connectivity index (χ2v) is 5.11. The first-order valence-electron chi connectivity index (χ1n) is 6.48. The first-order chi connectivity index (χ1) is 9.40. The number of hydrogen-bond acceptors (Lipinski definition) is 4. The first-order valence-corrected chi connectivity index (χ1v) is 6.48. The Morgan fingerprint density at radius 1 is 1.60 bits per heavy atom. The highest BCUT2D eigenvalue weighted by Gasteiger charge is 2.41. The van der Waals surface area contributed by atoms with Crippen molar-refractivity contribution in [3.05, 3.63) is 33.9 Å². The van der Waals surface area contributed by atoms with Gasteiger partial charge in [0.25, 0.3) is 5.56 Å². The summed E-state index contributed by atoms with van der Waals surface area (Å²) in [5.41, 5.74) is 5.28. The number of ether oxygens (including phenoxy) is 1. The van der Waals surface area contributed by atoms with Crippen molar-refractivity contribution >= 4 is 17.7 Å². The van der Waals surface area contributed by atoms with Crippen LogP contribution in [0.2, 0.25) is 0 Å². The minimum atomic E-state index is -1.15. The molecule has 0 saturated heterocycles. The van der Waals surface area contributed by atoms with Crippen molar-refractivity contribution in [2.45, 2.75) is 32.2 Å². The average molecular weight is 278 g/mol. The Bertz CT molecular complexity index is 627. The molecule has 1 saturated carbocycles. The van der Waals surface area contributed by atoms with Crippen LogP contribution in [0, 0.1) is 0 Å². The smallest absolute Gasteiger partial charge is 0.339 e. The molecule has 6 nitrogen and oxygen atoms in total. The van der Waals surface area contributed by atoms with Gasteiger partial charge < -0.3 is 20.1 Å². The molecule has 108 valence electrons. The Hall–Kier alpha value is -2.24. The molecule has 0 aromatic carbocycles. The van der Waals surface area contributed by atoms with E-state index < -0.39 is 5.97 Å². The van der Waals surface area contributed by atoms with E-state index in [1.165, 1.54) is 23.1 Å². The summed E-state index contributed by atoms with van der Waals surface area (Å²) in [7, 11) is 0. The predicted octanol–water partition coefficient (Wildman–Crippen LogP) is 1.64. The molecule has 1 fully saturated rings. The molecule has 0 radical (unpaired) electrons. The van der Waals surface area contributed by atoms with Crippen molar-refractivity contribution < 1.29 is 14.6 Å². The van der Waals surface area contributed by atoms with Crippen LogP contribution < -0.4 is 11.3 Å². The largest absolute Gasteiger partial charge is 0.501 e. The lowest BCUT2D eigenvalue weighted by Gasteiger charge is -2.16. The lowest BCUT2D eigenvalue weighted by atomic mass is 10.1. The number of nitrogens with zero attached hydrogens (tertiary/aromatic N) is 1. The molecule has 0 spiro atoms. The standard InChI is InChI=1S/C14H18N2O4/c1-3-20-7-4-9-11(15)10(13(18)19)8-16(12(9)17)14(2)5-6-14/h4,7-8H,3,5-6,15H2,1-2H3,(H,18,19). The van der Waals surface area contributed by atoms with Gasteiger partial charge in [-0.3, -0.25) is 4.79 Å². The van der Waals surface area contributed by atoms with E-state index >= 15 is 0 Å². The van der Waals surface area contributed by atoms with Crippen molar-refractivity contribution in [1.82, 2.24) is 4.57 Å². The maximum Gasteiger partial charge on any atom is 0.339 e. The van der Waals surface area contributed by atoms with E-state index in [0.29, 0.717) is 6.61 Å². The van der Waals surface area contributed by atoms with Crippen LogP contribution in [-0.4, -0.2) is 22.2 Å². The molecule has 3 N–H and O–H groups in total. The number of aromatic nitrogens is 1. The van der Waals surface area contributed by atoms with Crippen LogP contribution in [0.25, 0.3) is 6.08 Å². The number of rotatable bonds is 5. The van der Waals surface area contributed by atoms with Gasteiger partial charge in [0.1, 0.15) is 0 Å². The summed E-state index contributed by atoms with van der Waals surface area (Å²) in [6, 6.07) is 0. The summed E-state index contributed by atoms with van der Waals surface area (Å²) < 4.78 is 6.53. The zero-order valence-electron chi connectivity index (χ0n) is 11.5. The van der Waals surface area contributed by atoms with E-state index in [1.54, 1.807) is 0 Å². The van der Waals surface area contributed by atoms with E-state index in [2.05, 4.69) is 0 Å². The predicted molar refractivity (Wildman–Crippen MR) is 75.6 cm³/mol. The molecule has 1 aromatic rings. The van der Waals surface area contributed by atoms with Gasteiger partial charge in [-0.2, -0.15) is 0 Å². The SMILES string of the molecule is CCOC=Cc1c(N)c(C(=O)O)cn(C2(C)CC2)c1=O. The molecule has 1 aromatic heterocycles. The third kappa shape index (κ3) is 2.41. The number of carboxylic acid groups (broad SMARTS) is 1. The Labute approximate surface area is 116 Å². The molecule has 0 atom stereocenters.